The Bertz CT molecular complexity index is 1310. The van der Waals surface area contributed by atoms with Gasteiger partial charge in [-0.1, -0.05) is 52.7 Å². The molecule has 10 heteroatoms. The van der Waals surface area contributed by atoms with Gasteiger partial charge in [-0.25, -0.2) is 0 Å². The summed E-state index contributed by atoms with van der Waals surface area (Å²) in [5, 5.41) is 26.9. The van der Waals surface area contributed by atoms with Gasteiger partial charge >= 0.3 is 0 Å². The minimum absolute atomic E-state index is 0. The second kappa shape index (κ2) is 20.9. The van der Waals surface area contributed by atoms with Crippen molar-refractivity contribution in [1.82, 2.24) is 9.97 Å². The number of allylic oxidation sites excluding steroid dienone is 1. The average Bonchev–Trinajstić information content (AvgIpc) is 2.98. The first kappa shape index (κ1) is 42.0. The molecule has 0 saturated heterocycles. The van der Waals surface area contributed by atoms with Gasteiger partial charge in [-0.2, -0.15) is 10.5 Å². The first-order valence-electron chi connectivity index (χ1n) is 15.3. The van der Waals surface area contributed by atoms with Gasteiger partial charge in [0.05, 0.1) is 29.8 Å². The molecule has 242 valence electrons. The van der Waals surface area contributed by atoms with E-state index < -0.39 is 11.0 Å². The van der Waals surface area contributed by atoms with E-state index in [2.05, 4.69) is 47.8 Å². The van der Waals surface area contributed by atoms with E-state index in [9.17, 15) is 20.0 Å². The van der Waals surface area contributed by atoms with E-state index in [-0.39, 0.29) is 42.8 Å². The molecular weight excluding hydrogens is 790 g/mol. The Morgan fingerprint density at radius 1 is 1.20 bits per heavy atom. The number of benzene rings is 1. The van der Waals surface area contributed by atoms with E-state index in [1.54, 1.807) is 26.0 Å². The van der Waals surface area contributed by atoms with Gasteiger partial charge in [-0.15, -0.1) is 0 Å². The van der Waals surface area contributed by atoms with E-state index in [1.807, 2.05) is 38.6 Å². The van der Waals surface area contributed by atoms with Crippen LogP contribution in [0.15, 0.2) is 42.9 Å². The maximum absolute atomic E-state index is 13.3. The SMILES string of the molecule is CC#N.CCC.CCC/C=C/N(C[C@]1(C)CC(CN([C-]=O)c2cnc(C(C)(C)O)cn2)CCC1=O)c1cc(C#N)ccc1C.[U]. The number of rotatable bonds is 11. The first-order chi connectivity index (χ1) is 20.8. The van der Waals surface area contributed by atoms with Crippen molar-refractivity contribution in [2.75, 3.05) is 22.9 Å². The summed E-state index contributed by atoms with van der Waals surface area (Å²) in [6, 6.07) is 9.58. The molecule has 1 saturated carbocycles. The van der Waals surface area contributed by atoms with Crippen molar-refractivity contribution in [2.24, 2.45) is 11.3 Å². The quantitative estimate of drug-likeness (QED) is 0.191. The summed E-state index contributed by atoms with van der Waals surface area (Å²) < 4.78 is 0. The van der Waals surface area contributed by atoms with Crippen LogP contribution >= 0.6 is 0 Å². The Kier molecular flexibility index (Phi) is 19.5. The fourth-order valence-corrected chi connectivity index (χ4v) is 4.96. The predicted octanol–water partition coefficient (Wildman–Crippen LogP) is 6.90. The van der Waals surface area contributed by atoms with Crippen LogP contribution in [0.1, 0.15) is 104 Å². The van der Waals surface area contributed by atoms with Crippen molar-refractivity contribution in [2.45, 2.75) is 99.5 Å². The molecule has 1 fully saturated rings. The van der Waals surface area contributed by atoms with Crippen LogP contribution in [-0.4, -0.2) is 40.4 Å². The van der Waals surface area contributed by atoms with Gasteiger partial charge in [-0.3, -0.25) is 9.78 Å². The van der Waals surface area contributed by atoms with Crippen LogP contribution in [0, 0.1) is 72.0 Å². The standard InChI is InChI=1S/C30H38N5O3.C3H8.C2H3N.U/c1-6-7-8-13-34(25-14-23(16-31)10-9-22(25)2)20-30(5)15-24(11-12-27(30)37)19-35(21-36)28-18-32-26(17-33-28)29(3,4)38;1-3-2;1-2-3;/h8-10,13-14,17-18,24,38H,6-7,11-12,15,19-20H2,1-5H3;3H2,1-2H3;1H3;/q-1;;;/b13-8+;;;/t24?,30-;;;/m0.../s1. The third-order valence-electron chi connectivity index (χ3n) is 7.19. The summed E-state index contributed by atoms with van der Waals surface area (Å²) in [6.45, 7) is 15.9. The summed E-state index contributed by atoms with van der Waals surface area (Å²) in [4.78, 5) is 37.2. The number of carbonyl (C=O) groups excluding carboxylic acids is 2. The van der Waals surface area contributed by atoms with Crippen molar-refractivity contribution < 1.29 is 45.8 Å². The van der Waals surface area contributed by atoms with Crippen LogP contribution in [0.25, 0.3) is 0 Å². The number of hydrogen-bond donors (Lipinski definition) is 1. The van der Waals surface area contributed by atoms with E-state index in [4.69, 9.17) is 5.26 Å². The zero-order valence-corrected chi connectivity index (χ0v) is 32.4. The molecule has 1 amide bonds. The van der Waals surface area contributed by atoms with E-state index in [0.717, 1.165) is 24.1 Å². The van der Waals surface area contributed by atoms with Crippen LogP contribution in [0.4, 0.5) is 11.5 Å². The maximum Gasteiger partial charge on any atom is 0.140 e. The fraction of sp³-hybridized carbons (Fsp3) is 0.543. The Morgan fingerprint density at radius 2 is 1.84 bits per heavy atom. The summed E-state index contributed by atoms with van der Waals surface area (Å²) >= 11 is 0. The maximum atomic E-state index is 13.3. The number of Topliss-reactive ketones (excluding diaryl/α,β-unsaturated/α-hetero) is 1. The van der Waals surface area contributed by atoms with Gasteiger partial charge in [0.1, 0.15) is 11.4 Å². The van der Waals surface area contributed by atoms with Crippen molar-refractivity contribution in [3.05, 3.63) is 59.7 Å². The summed E-state index contributed by atoms with van der Waals surface area (Å²) in [6.07, 6.45) is 13.9. The number of amides is 1. The van der Waals surface area contributed by atoms with Gasteiger partial charge in [0.15, 0.2) is 0 Å². The van der Waals surface area contributed by atoms with Crippen LogP contribution in [-0.2, 0) is 15.2 Å². The Hall–Kier alpha value is -3.03. The molecule has 2 atom stereocenters. The van der Waals surface area contributed by atoms with Crippen molar-refractivity contribution in [3.63, 3.8) is 0 Å². The van der Waals surface area contributed by atoms with E-state index in [0.29, 0.717) is 49.4 Å². The summed E-state index contributed by atoms with van der Waals surface area (Å²) in [7, 11) is 0. The largest absolute Gasteiger partial charge is 0.461 e. The average molecular weight is 840 g/mol. The monoisotopic (exact) mass is 839 g/mol. The Morgan fingerprint density at radius 3 is 2.36 bits per heavy atom. The minimum Gasteiger partial charge on any atom is -0.461 e. The van der Waals surface area contributed by atoms with Gasteiger partial charge in [0.25, 0.3) is 0 Å². The molecule has 1 aromatic carbocycles. The molecular formula is C35H49N6O3U-. The number of anilines is 2. The topological polar surface area (TPSA) is 134 Å². The smallest absolute Gasteiger partial charge is 0.140 e. The number of ketones is 1. The summed E-state index contributed by atoms with van der Waals surface area (Å²) in [5.74, 6) is 0.635. The van der Waals surface area contributed by atoms with Gasteiger partial charge < -0.3 is 24.7 Å². The fourth-order valence-electron chi connectivity index (χ4n) is 4.96. The molecule has 1 aliphatic carbocycles. The number of hydrogen-bond acceptors (Lipinski definition) is 8. The third kappa shape index (κ3) is 13.5. The second-order valence-corrected chi connectivity index (χ2v) is 12.0. The van der Waals surface area contributed by atoms with Gasteiger partial charge in [0.2, 0.25) is 0 Å². The van der Waals surface area contributed by atoms with Crippen molar-refractivity contribution in [1.29, 1.82) is 10.5 Å². The number of nitriles is 2. The zero-order chi connectivity index (χ0) is 33.3. The first-order valence-corrected chi connectivity index (χ1v) is 15.3. The second-order valence-electron chi connectivity index (χ2n) is 12.0. The molecule has 1 aromatic heterocycles. The molecule has 2 aromatic rings. The molecule has 0 spiro atoms. The van der Waals surface area contributed by atoms with E-state index in [1.165, 1.54) is 30.6 Å². The molecule has 1 unspecified atom stereocenters. The van der Waals surface area contributed by atoms with Gasteiger partial charge in [-0.05, 0) is 76.4 Å². The number of aliphatic hydroxyl groups is 1. The summed E-state index contributed by atoms with van der Waals surface area (Å²) in [5.41, 5.74) is 1.16. The number of aryl methyl sites for hydroxylation is 1. The van der Waals surface area contributed by atoms with Crippen LogP contribution < -0.4 is 9.80 Å². The molecule has 9 nitrogen and oxygen atoms in total. The van der Waals surface area contributed by atoms with Crippen molar-refractivity contribution in [3.8, 4) is 12.1 Å². The molecule has 0 bridgehead atoms. The Labute approximate surface area is 294 Å². The van der Waals surface area contributed by atoms with Gasteiger partial charge in [0, 0.05) is 80.3 Å². The molecule has 1 heterocycles. The van der Waals surface area contributed by atoms with Crippen LogP contribution in [0.2, 0.25) is 0 Å². The molecule has 45 heavy (non-hydrogen) atoms. The molecule has 1 aliphatic rings. The zero-order valence-electron chi connectivity index (χ0n) is 28.2. The predicted molar refractivity (Wildman–Crippen MR) is 175 cm³/mol. The molecule has 0 radical (unpaired) electrons. The van der Waals surface area contributed by atoms with Crippen molar-refractivity contribution >= 4 is 23.7 Å². The molecule has 1 N–H and O–H groups in total. The third-order valence-corrected chi connectivity index (χ3v) is 7.19. The minimum atomic E-state index is -1.13. The van der Waals surface area contributed by atoms with E-state index >= 15 is 0 Å². The van der Waals surface area contributed by atoms with Crippen LogP contribution in [0.3, 0.4) is 0 Å². The molecule has 0 aliphatic heterocycles. The molecule has 3 rings (SSSR count). The van der Waals surface area contributed by atoms with Crippen LogP contribution in [0.5, 0.6) is 0 Å². The number of nitrogens with zero attached hydrogens (tertiary/aromatic N) is 6. The number of unbranched alkanes of at least 4 members (excludes halogenated alkanes) is 1. The number of carbonyl (C=O) groups is 1. The number of aromatic nitrogens is 2. The normalized spacial score (nSPS) is 17.3. The Balaban J connectivity index is 0.00000256.